The fraction of sp³-hybridized carbons (Fsp3) is 0.650. The second-order valence-corrected chi connectivity index (χ2v) is 7.54. The lowest BCUT2D eigenvalue weighted by Gasteiger charge is -2.36. The van der Waals surface area contributed by atoms with E-state index >= 15 is 0 Å². The molecule has 0 bridgehead atoms. The van der Waals surface area contributed by atoms with E-state index in [0.717, 1.165) is 64.6 Å². The molecule has 4 nitrogen and oxygen atoms in total. The molecule has 1 aromatic rings. The minimum atomic E-state index is 0.328. The molecule has 2 aliphatic heterocycles. The van der Waals surface area contributed by atoms with E-state index in [1.165, 1.54) is 11.1 Å². The number of hydrogen-bond acceptors (Lipinski definition) is 3. The van der Waals surface area contributed by atoms with Crippen LogP contribution in [-0.2, 0) is 11.3 Å². The predicted octanol–water partition coefficient (Wildman–Crippen LogP) is 2.37. The topological polar surface area (TPSA) is 26.8 Å². The Kier molecular flexibility index (Phi) is 5.90. The molecule has 2 aliphatic rings. The summed E-state index contributed by atoms with van der Waals surface area (Å²) in [5.41, 5.74) is 2.79. The summed E-state index contributed by atoms with van der Waals surface area (Å²) in [6.45, 7) is 12.1. The van der Waals surface area contributed by atoms with E-state index in [-0.39, 0.29) is 0 Å². The lowest BCUT2D eigenvalue weighted by atomic mass is 9.99. The molecule has 0 radical (unpaired) electrons. The first-order chi connectivity index (χ1) is 11.6. The highest BCUT2D eigenvalue weighted by atomic mass is 16.2. The second kappa shape index (κ2) is 8.13. The van der Waals surface area contributed by atoms with Crippen molar-refractivity contribution in [1.29, 1.82) is 0 Å². The van der Waals surface area contributed by atoms with Crippen LogP contribution in [0.2, 0.25) is 0 Å². The number of nitrogens with zero attached hydrogens (tertiary/aromatic N) is 3. The molecular weight excluding hydrogens is 298 g/mol. The molecule has 0 saturated carbocycles. The largest absolute Gasteiger partial charge is 0.342 e. The zero-order chi connectivity index (χ0) is 16.9. The Balaban J connectivity index is 1.42. The van der Waals surface area contributed by atoms with Crippen LogP contribution >= 0.6 is 0 Å². The van der Waals surface area contributed by atoms with Crippen molar-refractivity contribution < 1.29 is 4.79 Å². The molecule has 0 aromatic heterocycles. The molecular formula is C20H31N3O. The minimum absolute atomic E-state index is 0.328. The van der Waals surface area contributed by atoms with Crippen molar-refractivity contribution in [3.8, 4) is 0 Å². The Morgan fingerprint density at radius 3 is 2.29 bits per heavy atom. The smallest absolute Gasteiger partial charge is 0.236 e. The molecule has 0 aliphatic carbocycles. The SMILES string of the molecule is Cc1ccccc1CN1CCN(CC(=O)N2CCC(C)CC2)CC1. The quantitative estimate of drug-likeness (QED) is 0.848. The number of aryl methyl sites for hydroxylation is 1. The number of carbonyl (C=O) groups excluding carboxylic acids is 1. The van der Waals surface area contributed by atoms with Crippen LogP contribution in [0.4, 0.5) is 0 Å². The second-order valence-electron chi connectivity index (χ2n) is 7.54. The van der Waals surface area contributed by atoms with Crippen molar-refractivity contribution in [2.75, 3.05) is 45.8 Å². The Morgan fingerprint density at radius 2 is 1.62 bits per heavy atom. The maximum atomic E-state index is 12.5. The minimum Gasteiger partial charge on any atom is -0.342 e. The lowest BCUT2D eigenvalue weighted by Crippen LogP contribution is -2.50. The van der Waals surface area contributed by atoms with Gasteiger partial charge in [0.2, 0.25) is 5.91 Å². The van der Waals surface area contributed by atoms with Gasteiger partial charge in [0.1, 0.15) is 0 Å². The highest BCUT2D eigenvalue weighted by Gasteiger charge is 2.24. The number of rotatable bonds is 4. The van der Waals surface area contributed by atoms with Gasteiger partial charge >= 0.3 is 0 Å². The van der Waals surface area contributed by atoms with Gasteiger partial charge in [-0.25, -0.2) is 0 Å². The number of piperidine rings is 1. The van der Waals surface area contributed by atoms with Crippen molar-refractivity contribution in [1.82, 2.24) is 14.7 Å². The molecule has 2 fully saturated rings. The normalized spacial score (nSPS) is 21.2. The van der Waals surface area contributed by atoms with Crippen LogP contribution < -0.4 is 0 Å². The fourth-order valence-corrected chi connectivity index (χ4v) is 3.68. The molecule has 2 heterocycles. The summed E-state index contributed by atoms with van der Waals surface area (Å²) in [4.78, 5) is 19.4. The summed E-state index contributed by atoms with van der Waals surface area (Å²) < 4.78 is 0. The standard InChI is InChI=1S/C20H31N3O/c1-17-7-9-23(10-8-17)20(24)16-22-13-11-21(12-14-22)15-19-6-4-3-5-18(19)2/h3-6,17H,7-16H2,1-2H3. The molecule has 0 atom stereocenters. The third-order valence-corrected chi connectivity index (χ3v) is 5.62. The first-order valence-electron chi connectivity index (χ1n) is 9.39. The van der Waals surface area contributed by atoms with Gasteiger partial charge in [-0.3, -0.25) is 14.6 Å². The maximum absolute atomic E-state index is 12.5. The van der Waals surface area contributed by atoms with E-state index in [2.05, 4.69) is 52.8 Å². The van der Waals surface area contributed by atoms with E-state index in [0.29, 0.717) is 12.5 Å². The van der Waals surface area contributed by atoms with Gasteiger partial charge in [-0.2, -0.15) is 0 Å². The Hall–Kier alpha value is -1.39. The van der Waals surface area contributed by atoms with E-state index in [1.54, 1.807) is 0 Å². The maximum Gasteiger partial charge on any atom is 0.236 e. The van der Waals surface area contributed by atoms with E-state index < -0.39 is 0 Å². The van der Waals surface area contributed by atoms with Crippen molar-refractivity contribution in [3.05, 3.63) is 35.4 Å². The van der Waals surface area contributed by atoms with Crippen LogP contribution in [0, 0.1) is 12.8 Å². The number of hydrogen-bond donors (Lipinski definition) is 0. The number of amides is 1. The number of piperazine rings is 1. The lowest BCUT2D eigenvalue weighted by molar-refractivity contribution is -0.134. The van der Waals surface area contributed by atoms with Gasteiger partial charge in [-0.15, -0.1) is 0 Å². The molecule has 132 valence electrons. The van der Waals surface area contributed by atoms with Gasteiger partial charge in [0.05, 0.1) is 6.54 Å². The highest BCUT2D eigenvalue weighted by molar-refractivity contribution is 5.78. The van der Waals surface area contributed by atoms with Crippen molar-refractivity contribution in [2.24, 2.45) is 5.92 Å². The predicted molar refractivity (Wildman–Crippen MR) is 97.9 cm³/mol. The van der Waals surface area contributed by atoms with E-state index in [1.807, 2.05) is 0 Å². The fourth-order valence-electron chi connectivity index (χ4n) is 3.68. The average molecular weight is 329 g/mol. The Labute approximate surface area is 146 Å². The number of benzene rings is 1. The molecule has 1 amide bonds. The van der Waals surface area contributed by atoms with Crippen molar-refractivity contribution >= 4 is 5.91 Å². The monoisotopic (exact) mass is 329 g/mol. The third kappa shape index (κ3) is 4.58. The van der Waals surface area contributed by atoms with Crippen LogP contribution in [0.5, 0.6) is 0 Å². The first kappa shape index (κ1) is 17.4. The summed E-state index contributed by atoms with van der Waals surface area (Å²) in [6, 6.07) is 8.63. The molecule has 0 spiro atoms. The average Bonchev–Trinajstić information content (AvgIpc) is 2.59. The first-order valence-corrected chi connectivity index (χ1v) is 9.39. The molecule has 2 saturated heterocycles. The van der Waals surface area contributed by atoms with Crippen LogP contribution in [0.3, 0.4) is 0 Å². The van der Waals surface area contributed by atoms with Crippen molar-refractivity contribution in [3.63, 3.8) is 0 Å². The zero-order valence-electron chi connectivity index (χ0n) is 15.2. The molecule has 0 unspecified atom stereocenters. The van der Waals surface area contributed by atoms with Gasteiger partial charge in [-0.05, 0) is 36.8 Å². The Morgan fingerprint density at radius 1 is 1.00 bits per heavy atom. The van der Waals surface area contributed by atoms with E-state index in [4.69, 9.17) is 0 Å². The van der Waals surface area contributed by atoms with Crippen LogP contribution in [0.25, 0.3) is 0 Å². The van der Waals surface area contributed by atoms with Gasteiger partial charge in [0.15, 0.2) is 0 Å². The summed E-state index contributed by atoms with van der Waals surface area (Å²) in [7, 11) is 0. The van der Waals surface area contributed by atoms with E-state index in [9.17, 15) is 4.79 Å². The molecule has 1 aromatic carbocycles. The van der Waals surface area contributed by atoms with Crippen LogP contribution in [-0.4, -0.2) is 66.4 Å². The molecule has 4 heteroatoms. The summed E-state index contributed by atoms with van der Waals surface area (Å²) in [5.74, 6) is 1.10. The summed E-state index contributed by atoms with van der Waals surface area (Å²) >= 11 is 0. The summed E-state index contributed by atoms with van der Waals surface area (Å²) in [6.07, 6.45) is 2.33. The number of carbonyl (C=O) groups is 1. The Bertz CT molecular complexity index is 544. The zero-order valence-corrected chi connectivity index (χ0v) is 15.2. The van der Waals surface area contributed by atoms with Gasteiger partial charge < -0.3 is 4.90 Å². The van der Waals surface area contributed by atoms with Gasteiger partial charge in [-0.1, -0.05) is 31.2 Å². The van der Waals surface area contributed by atoms with Crippen LogP contribution in [0.1, 0.15) is 30.9 Å². The highest BCUT2D eigenvalue weighted by Crippen LogP contribution is 2.17. The third-order valence-electron chi connectivity index (χ3n) is 5.62. The van der Waals surface area contributed by atoms with Crippen LogP contribution in [0.15, 0.2) is 24.3 Å². The summed E-state index contributed by atoms with van der Waals surface area (Å²) in [5, 5.41) is 0. The number of likely N-dealkylation sites (tertiary alicyclic amines) is 1. The molecule has 0 N–H and O–H groups in total. The molecule has 3 rings (SSSR count). The van der Waals surface area contributed by atoms with Crippen molar-refractivity contribution in [2.45, 2.75) is 33.2 Å². The van der Waals surface area contributed by atoms with Gasteiger partial charge in [0, 0.05) is 45.8 Å². The van der Waals surface area contributed by atoms with Gasteiger partial charge in [0.25, 0.3) is 0 Å². The molecule has 24 heavy (non-hydrogen) atoms.